The number of aromatic nitrogens is 2. The molecule has 0 bridgehead atoms. The molecule has 0 fully saturated rings. The molecule has 0 atom stereocenters. The first-order chi connectivity index (χ1) is 11.7. The van der Waals surface area contributed by atoms with E-state index in [4.69, 9.17) is 9.72 Å². The first-order valence-corrected chi connectivity index (χ1v) is 7.90. The SMILES string of the molecule is CCOC(=O)C=Cc1ccc2nc3c(cc2c1)[nH]c1ccccc13. The normalized spacial score (nSPS) is 11.7. The van der Waals surface area contributed by atoms with Crippen LogP contribution in [0.2, 0.25) is 0 Å². The number of H-pyrrole nitrogens is 1. The molecule has 0 spiro atoms. The number of hydrogen-bond acceptors (Lipinski definition) is 3. The van der Waals surface area contributed by atoms with Gasteiger partial charge in [0.15, 0.2) is 0 Å². The van der Waals surface area contributed by atoms with Gasteiger partial charge in [0.25, 0.3) is 0 Å². The van der Waals surface area contributed by atoms with Crippen molar-refractivity contribution < 1.29 is 9.53 Å². The Morgan fingerprint density at radius 3 is 2.92 bits per heavy atom. The van der Waals surface area contributed by atoms with E-state index in [0.717, 1.165) is 38.4 Å². The summed E-state index contributed by atoms with van der Waals surface area (Å²) in [6.45, 7) is 2.17. The number of carbonyl (C=O) groups excluding carboxylic acids is 1. The summed E-state index contributed by atoms with van der Waals surface area (Å²) < 4.78 is 4.90. The van der Waals surface area contributed by atoms with E-state index in [2.05, 4.69) is 23.2 Å². The van der Waals surface area contributed by atoms with Crippen molar-refractivity contribution in [3.63, 3.8) is 0 Å². The molecule has 0 aliphatic rings. The zero-order valence-electron chi connectivity index (χ0n) is 13.2. The molecule has 0 saturated carbocycles. The van der Waals surface area contributed by atoms with E-state index in [1.165, 1.54) is 6.08 Å². The number of nitrogens with one attached hydrogen (secondary N) is 1. The second-order valence-corrected chi connectivity index (χ2v) is 5.59. The molecule has 2 aromatic carbocycles. The molecule has 0 amide bonds. The van der Waals surface area contributed by atoms with Gasteiger partial charge in [0.1, 0.15) is 0 Å². The maximum absolute atomic E-state index is 11.4. The quantitative estimate of drug-likeness (QED) is 0.449. The highest BCUT2D eigenvalue weighted by Crippen LogP contribution is 2.27. The number of carbonyl (C=O) groups is 1. The molecule has 0 radical (unpaired) electrons. The number of fused-ring (bicyclic) bond motifs is 4. The fourth-order valence-corrected chi connectivity index (χ4v) is 2.90. The highest BCUT2D eigenvalue weighted by Gasteiger charge is 2.07. The number of rotatable bonds is 3. The topological polar surface area (TPSA) is 55.0 Å². The lowest BCUT2D eigenvalue weighted by Gasteiger charge is -2.01. The fraction of sp³-hybridized carbons (Fsp3) is 0.100. The molecule has 4 nitrogen and oxygen atoms in total. The monoisotopic (exact) mass is 316 g/mol. The lowest BCUT2D eigenvalue weighted by Crippen LogP contribution is -1.98. The van der Waals surface area contributed by atoms with Gasteiger partial charge in [0.2, 0.25) is 0 Å². The van der Waals surface area contributed by atoms with E-state index in [1.807, 2.05) is 30.3 Å². The summed E-state index contributed by atoms with van der Waals surface area (Å²) in [6.07, 6.45) is 3.20. The number of hydrogen-bond donors (Lipinski definition) is 1. The Hall–Kier alpha value is -3.14. The van der Waals surface area contributed by atoms with Gasteiger partial charge in [-0.05, 0) is 42.8 Å². The van der Waals surface area contributed by atoms with Crippen molar-refractivity contribution in [1.29, 1.82) is 0 Å². The number of benzene rings is 2. The second-order valence-electron chi connectivity index (χ2n) is 5.59. The van der Waals surface area contributed by atoms with Crippen molar-refractivity contribution in [2.45, 2.75) is 6.92 Å². The Morgan fingerprint density at radius 2 is 2.04 bits per heavy atom. The van der Waals surface area contributed by atoms with Gasteiger partial charge >= 0.3 is 5.97 Å². The molecule has 0 unspecified atom stereocenters. The van der Waals surface area contributed by atoms with Gasteiger partial charge in [-0.15, -0.1) is 0 Å². The first-order valence-electron chi connectivity index (χ1n) is 7.90. The third-order valence-electron chi connectivity index (χ3n) is 3.99. The van der Waals surface area contributed by atoms with Gasteiger partial charge in [-0.2, -0.15) is 0 Å². The molecule has 0 aliphatic heterocycles. The van der Waals surface area contributed by atoms with Crippen LogP contribution in [-0.2, 0) is 9.53 Å². The average molecular weight is 316 g/mol. The molecule has 4 heteroatoms. The minimum Gasteiger partial charge on any atom is -0.463 e. The molecule has 24 heavy (non-hydrogen) atoms. The zero-order chi connectivity index (χ0) is 16.5. The minimum absolute atomic E-state index is 0.332. The lowest BCUT2D eigenvalue weighted by molar-refractivity contribution is -0.137. The third kappa shape index (κ3) is 2.52. The van der Waals surface area contributed by atoms with Crippen molar-refractivity contribution in [1.82, 2.24) is 9.97 Å². The molecule has 0 aliphatic carbocycles. The molecule has 0 saturated heterocycles. The van der Waals surface area contributed by atoms with Crippen molar-refractivity contribution in [3.8, 4) is 0 Å². The molecule has 1 N–H and O–H groups in total. The van der Waals surface area contributed by atoms with E-state index >= 15 is 0 Å². The Morgan fingerprint density at radius 1 is 1.17 bits per heavy atom. The summed E-state index contributed by atoms with van der Waals surface area (Å²) in [5, 5.41) is 2.15. The van der Waals surface area contributed by atoms with Crippen LogP contribution in [0.5, 0.6) is 0 Å². The van der Waals surface area contributed by atoms with Crippen LogP contribution in [0.25, 0.3) is 38.9 Å². The van der Waals surface area contributed by atoms with Gasteiger partial charge in [-0.25, -0.2) is 9.78 Å². The van der Waals surface area contributed by atoms with Gasteiger partial charge < -0.3 is 9.72 Å². The number of para-hydroxylation sites is 1. The fourth-order valence-electron chi connectivity index (χ4n) is 2.90. The molecule has 118 valence electrons. The number of pyridine rings is 1. The smallest absolute Gasteiger partial charge is 0.330 e. The van der Waals surface area contributed by atoms with Crippen LogP contribution < -0.4 is 0 Å². The number of nitrogens with zero attached hydrogens (tertiary/aromatic N) is 1. The Kier molecular flexibility index (Phi) is 3.50. The van der Waals surface area contributed by atoms with E-state index in [1.54, 1.807) is 13.0 Å². The Bertz CT molecular complexity index is 1090. The minimum atomic E-state index is -0.332. The molecular weight excluding hydrogens is 300 g/mol. The molecule has 4 rings (SSSR count). The van der Waals surface area contributed by atoms with Crippen LogP contribution in [0, 0.1) is 0 Å². The van der Waals surface area contributed by atoms with Crippen LogP contribution in [0.3, 0.4) is 0 Å². The molecule has 4 aromatic rings. The molecular formula is C20H16N2O2. The zero-order valence-corrected chi connectivity index (χ0v) is 13.2. The maximum atomic E-state index is 11.4. The van der Waals surface area contributed by atoms with Crippen molar-refractivity contribution >= 4 is 44.9 Å². The van der Waals surface area contributed by atoms with Crippen LogP contribution in [-0.4, -0.2) is 22.5 Å². The summed E-state index contributed by atoms with van der Waals surface area (Å²) in [4.78, 5) is 19.6. The van der Waals surface area contributed by atoms with Crippen molar-refractivity contribution in [2.75, 3.05) is 6.61 Å². The van der Waals surface area contributed by atoms with Gasteiger partial charge in [-0.3, -0.25) is 0 Å². The van der Waals surface area contributed by atoms with E-state index in [0.29, 0.717) is 6.61 Å². The number of ether oxygens (including phenoxy) is 1. The predicted octanol–water partition coefficient (Wildman–Crippen LogP) is 4.45. The number of esters is 1. The van der Waals surface area contributed by atoms with E-state index in [9.17, 15) is 4.79 Å². The van der Waals surface area contributed by atoms with Gasteiger partial charge in [0, 0.05) is 22.4 Å². The summed E-state index contributed by atoms with van der Waals surface area (Å²) in [6, 6.07) is 16.2. The van der Waals surface area contributed by atoms with Crippen LogP contribution >= 0.6 is 0 Å². The Labute approximate surface area is 138 Å². The first kappa shape index (κ1) is 14.5. The highest BCUT2D eigenvalue weighted by atomic mass is 16.5. The average Bonchev–Trinajstić information content (AvgIpc) is 2.95. The van der Waals surface area contributed by atoms with Crippen LogP contribution in [0.4, 0.5) is 0 Å². The van der Waals surface area contributed by atoms with E-state index < -0.39 is 0 Å². The summed E-state index contributed by atoms with van der Waals surface area (Å²) in [7, 11) is 0. The van der Waals surface area contributed by atoms with Crippen LogP contribution in [0.1, 0.15) is 12.5 Å². The predicted molar refractivity (Wildman–Crippen MR) is 96.8 cm³/mol. The maximum Gasteiger partial charge on any atom is 0.330 e. The van der Waals surface area contributed by atoms with Gasteiger partial charge in [0.05, 0.1) is 23.2 Å². The number of aromatic amines is 1. The summed E-state index contributed by atoms with van der Waals surface area (Å²) >= 11 is 0. The second kappa shape index (κ2) is 5.81. The van der Waals surface area contributed by atoms with Crippen molar-refractivity contribution in [2.24, 2.45) is 0 Å². The summed E-state index contributed by atoms with van der Waals surface area (Å²) in [5.74, 6) is -0.332. The highest BCUT2D eigenvalue weighted by molar-refractivity contribution is 6.08. The Balaban J connectivity index is 1.80. The molecule has 2 heterocycles. The summed E-state index contributed by atoms with van der Waals surface area (Å²) in [5.41, 5.74) is 4.94. The van der Waals surface area contributed by atoms with Gasteiger partial charge in [-0.1, -0.05) is 24.3 Å². The van der Waals surface area contributed by atoms with Crippen LogP contribution in [0.15, 0.2) is 54.6 Å². The van der Waals surface area contributed by atoms with E-state index in [-0.39, 0.29) is 5.97 Å². The lowest BCUT2D eigenvalue weighted by atomic mass is 10.1. The molecule has 2 aromatic heterocycles. The largest absolute Gasteiger partial charge is 0.463 e. The third-order valence-corrected chi connectivity index (χ3v) is 3.99. The standard InChI is InChI=1S/C20H16N2O2/c1-2-24-19(23)10-8-13-7-9-16-14(11-13)12-18-20(22-16)15-5-3-4-6-17(15)21-18/h3-12,21H,2H2,1H3. The van der Waals surface area contributed by atoms with Crippen molar-refractivity contribution in [3.05, 3.63) is 60.2 Å².